The van der Waals surface area contributed by atoms with Gasteiger partial charge >= 0.3 is 11.9 Å². The molecule has 3 atom stereocenters. The standard InChI is InChI=1S/C15H26N4O7S/c1-27-7-6-9(18-13(23)8(16)2-5-12(21)22)14(24)19-10(15(25)26)3-4-11(17)20/h8-10H,2-7,16H2,1H3,(H2,17,20)(H,18,23)(H,19,24)(H,21,22)(H,25,26)/t8-,9-,10-/m0/s1. The molecule has 0 aromatic carbocycles. The minimum atomic E-state index is -1.34. The SMILES string of the molecule is CSCC[C@H](NC(=O)[C@@H](N)CCC(=O)O)C(=O)N[C@@H](CCC(N)=O)C(=O)O. The quantitative estimate of drug-likeness (QED) is 0.193. The predicted molar refractivity (Wildman–Crippen MR) is 97.8 cm³/mol. The molecule has 8 N–H and O–H groups in total. The number of carboxylic acid groups (broad SMARTS) is 2. The zero-order valence-corrected chi connectivity index (χ0v) is 15.8. The fourth-order valence-electron chi connectivity index (χ4n) is 2.01. The number of hydrogen-bond acceptors (Lipinski definition) is 7. The molecule has 0 aromatic rings. The number of carboxylic acids is 2. The summed E-state index contributed by atoms with van der Waals surface area (Å²) in [5, 5.41) is 22.5. The van der Waals surface area contributed by atoms with Crippen LogP contribution in [-0.4, -0.2) is 70.0 Å². The Hall–Kier alpha value is -2.34. The molecule has 12 heteroatoms. The Morgan fingerprint density at radius 2 is 1.52 bits per heavy atom. The summed E-state index contributed by atoms with van der Waals surface area (Å²) in [5.41, 5.74) is 10.6. The van der Waals surface area contributed by atoms with Crippen LogP contribution in [0.5, 0.6) is 0 Å². The van der Waals surface area contributed by atoms with E-state index in [-0.39, 0.29) is 32.1 Å². The van der Waals surface area contributed by atoms with E-state index in [1.807, 2.05) is 0 Å². The first-order valence-corrected chi connectivity index (χ1v) is 9.56. The molecule has 0 saturated heterocycles. The first-order chi connectivity index (χ1) is 12.6. The number of aliphatic carboxylic acids is 2. The van der Waals surface area contributed by atoms with Crippen molar-refractivity contribution in [2.75, 3.05) is 12.0 Å². The smallest absolute Gasteiger partial charge is 0.326 e. The molecule has 0 unspecified atom stereocenters. The van der Waals surface area contributed by atoms with Gasteiger partial charge in [0.2, 0.25) is 17.7 Å². The summed E-state index contributed by atoms with van der Waals surface area (Å²) in [5.74, 6) is -4.08. The van der Waals surface area contributed by atoms with E-state index in [2.05, 4.69) is 10.6 Å². The van der Waals surface area contributed by atoms with Crippen molar-refractivity contribution in [3.05, 3.63) is 0 Å². The summed E-state index contributed by atoms with van der Waals surface area (Å²) in [6.45, 7) is 0. The van der Waals surface area contributed by atoms with Crippen LogP contribution in [0.4, 0.5) is 0 Å². The van der Waals surface area contributed by atoms with Gasteiger partial charge in [0.15, 0.2) is 0 Å². The van der Waals surface area contributed by atoms with E-state index in [1.165, 1.54) is 11.8 Å². The summed E-state index contributed by atoms with van der Waals surface area (Å²) in [7, 11) is 0. The maximum atomic E-state index is 12.4. The molecule has 154 valence electrons. The molecule has 0 aliphatic carbocycles. The van der Waals surface area contributed by atoms with Gasteiger partial charge in [0, 0.05) is 12.8 Å². The molecular formula is C15H26N4O7S. The minimum absolute atomic E-state index is 0.103. The van der Waals surface area contributed by atoms with E-state index in [9.17, 15) is 24.0 Å². The Labute approximate surface area is 160 Å². The van der Waals surface area contributed by atoms with Crippen molar-refractivity contribution >= 4 is 41.4 Å². The van der Waals surface area contributed by atoms with Gasteiger partial charge in [-0.3, -0.25) is 19.2 Å². The highest BCUT2D eigenvalue weighted by atomic mass is 32.2. The van der Waals surface area contributed by atoms with Gasteiger partial charge in [0.25, 0.3) is 0 Å². The van der Waals surface area contributed by atoms with Crippen LogP contribution in [-0.2, 0) is 24.0 Å². The normalized spacial score (nSPS) is 13.9. The largest absolute Gasteiger partial charge is 0.481 e. The van der Waals surface area contributed by atoms with Gasteiger partial charge < -0.3 is 32.3 Å². The fraction of sp³-hybridized carbons (Fsp3) is 0.667. The fourth-order valence-corrected chi connectivity index (χ4v) is 2.48. The van der Waals surface area contributed by atoms with Gasteiger partial charge in [-0.2, -0.15) is 11.8 Å². The van der Waals surface area contributed by atoms with Crippen molar-refractivity contribution in [3.8, 4) is 0 Å². The number of thioether (sulfide) groups is 1. The lowest BCUT2D eigenvalue weighted by Gasteiger charge is -2.22. The highest BCUT2D eigenvalue weighted by Gasteiger charge is 2.28. The third-order valence-electron chi connectivity index (χ3n) is 3.54. The van der Waals surface area contributed by atoms with E-state index in [0.717, 1.165) is 0 Å². The Balaban J connectivity index is 4.95. The molecule has 0 spiro atoms. The van der Waals surface area contributed by atoms with Gasteiger partial charge in [-0.1, -0.05) is 0 Å². The number of hydrogen-bond donors (Lipinski definition) is 6. The maximum absolute atomic E-state index is 12.4. The first-order valence-electron chi connectivity index (χ1n) is 8.16. The monoisotopic (exact) mass is 406 g/mol. The van der Waals surface area contributed by atoms with E-state index in [1.54, 1.807) is 6.26 Å². The highest BCUT2D eigenvalue weighted by molar-refractivity contribution is 7.98. The molecule has 0 radical (unpaired) electrons. The zero-order valence-electron chi connectivity index (χ0n) is 15.0. The van der Waals surface area contributed by atoms with Crippen LogP contribution in [0.15, 0.2) is 0 Å². The van der Waals surface area contributed by atoms with Crippen LogP contribution in [0.1, 0.15) is 32.1 Å². The van der Waals surface area contributed by atoms with Crippen LogP contribution >= 0.6 is 11.8 Å². The van der Waals surface area contributed by atoms with Crippen molar-refractivity contribution in [1.82, 2.24) is 10.6 Å². The molecule has 11 nitrogen and oxygen atoms in total. The summed E-state index contributed by atoms with van der Waals surface area (Å²) in [6, 6.07) is -3.49. The molecule has 0 heterocycles. The maximum Gasteiger partial charge on any atom is 0.326 e. The first kappa shape index (κ1) is 24.7. The van der Waals surface area contributed by atoms with Crippen LogP contribution in [0.2, 0.25) is 0 Å². The van der Waals surface area contributed by atoms with Crippen molar-refractivity contribution < 1.29 is 34.2 Å². The number of nitrogens with two attached hydrogens (primary N) is 2. The lowest BCUT2D eigenvalue weighted by atomic mass is 10.1. The van der Waals surface area contributed by atoms with E-state index < -0.39 is 47.8 Å². The Morgan fingerprint density at radius 3 is 2.00 bits per heavy atom. The summed E-state index contributed by atoms with van der Waals surface area (Å²) in [4.78, 5) is 57.1. The second-order valence-electron chi connectivity index (χ2n) is 5.79. The topological polar surface area (TPSA) is 202 Å². The number of carbonyl (C=O) groups is 5. The lowest BCUT2D eigenvalue weighted by molar-refractivity contribution is -0.142. The Kier molecular flexibility index (Phi) is 11.8. The molecule has 0 aliphatic heterocycles. The lowest BCUT2D eigenvalue weighted by Crippen LogP contribution is -2.54. The molecule has 0 rings (SSSR count). The number of rotatable bonds is 14. The summed E-state index contributed by atoms with van der Waals surface area (Å²) >= 11 is 1.42. The number of carbonyl (C=O) groups excluding carboxylic acids is 3. The number of amides is 3. The van der Waals surface area contributed by atoms with Crippen LogP contribution in [0.25, 0.3) is 0 Å². The molecule has 0 bridgehead atoms. The molecule has 3 amide bonds. The molecule has 0 aromatic heterocycles. The summed E-state index contributed by atoms with van der Waals surface area (Å²) in [6.07, 6.45) is 1.20. The van der Waals surface area contributed by atoms with E-state index >= 15 is 0 Å². The second kappa shape index (κ2) is 12.9. The average molecular weight is 406 g/mol. The minimum Gasteiger partial charge on any atom is -0.481 e. The third-order valence-corrected chi connectivity index (χ3v) is 4.19. The molecular weight excluding hydrogens is 380 g/mol. The summed E-state index contributed by atoms with van der Waals surface area (Å²) < 4.78 is 0. The molecule has 0 aliphatic rings. The zero-order chi connectivity index (χ0) is 21.0. The van der Waals surface area contributed by atoms with E-state index in [4.69, 9.17) is 21.7 Å². The van der Waals surface area contributed by atoms with Crippen molar-refractivity contribution in [2.45, 2.75) is 50.2 Å². The molecule has 0 saturated carbocycles. The predicted octanol–water partition coefficient (Wildman–Crippen LogP) is -1.75. The highest BCUT2D eigenvalue weighted by Crippen LogP contribution is 2.05. The van der Waals surface area contributed by atoms with Crippen LogP contribution in [0, 0.1) is 0 Å². The number of nitrogens with one attached hydrogen (secondary N) is 2. The van der Waals surface area contributed by atoms with Gasteiger partial charge in [-0.05, 0) is 31.3 Å². The van der Waals surface area contributed by atoms with Crippen molar-refractivity contribution in [2.24, 2.45) is 11.5 Å². The average Bonchev–Trinajstić information content (AvgIpc) is 2.58. The van der Waals surface area contributed by atoms with Gasteiger partial charge in [-0.15, -0.1) is 0 Å². The Morgan fingerprint density at radius 1 is 0.926 bits per heavy atom. The van der Waals surface area contributed by atoms with Gasteiger partial charge in [0.05, 0.1) is 6.04 Å². The third kappa shape index (κ3) is 11.1. The van der Waals surface area contributed by atoms with Gasteiger partial charge in [0.1, 0.15) is 12.1 Å². The van der Waals surface area contributed by atoms with Crippen molar-refractivity contribution in [1.29, 1.82) is 0 Å². The number of primary amides is 1. The Bertz CT molecular complexity index is 558. The molecule has 27 heavy (non-hydrogen) atoms. The van der Waals surface area contributed by atoms with Crippen LogP contribution < -0.4 is 22.1 Å². The van der Waals surface area contributed by atoms with Crippen LogP contribution in [0.3, 0.4) is 0 Å². The second-order valence-corrected chi connectivity index (χ2v) is 6.77. The molecule has 0 fully saturated rings. The van der Waals surface area contributed by atoms with Crippen molar-refractivity contribution in [3.63, 3.8) is 0 Å². The van der Waals surface area contributed by atoms with Gasteiger partial charge in [-0.25, -0.2) is 4.79 Å². The van der Waals surface area contributed by atoms with E-state index in [0.29, 0.717) is 5.75 Å².